The first-order valence-corrected chi connectivity index (χ1v) is 6.84. The summed E-state index contributed by atoms with van der Waals surface area (Å²) in [7, 11) is 1.87. The van der Waals surface area contributed by atoms with Gasteiger partial charge in [-0.15, -0.1) is 0 Å². The number of anilines is 1. The zero-order valence-corrected chi connectivity index (χ0v) is 12.3. The van der Waals surface area contributed by atoms with Crippen molar-refractivity contribution in [1.29, 1.82) is 0 Å². The molecule has 0 amide bonds. The summed E-state index contributed by atoms with van der Waals surface area (Å²) in [5.74, 6) is -0.238. The Hall–Kier alpha value is -1.39. The minimum Gasteiger partial charge on any atom is -0.368 e. The van der Waals surface area contributed by atoms with Gasteiger partial charge in [0.25, 0.3) is 0 Å². The lowest BCUT2D eigenvalue weighted by Crippen LogP contribution is -2.18. The van der Waals surface area contributed by atoms with Gasteiger partial charge in [0.05, 0.1) is 5.69 Å². The molecule has 0 bridgehead atoms. The molecule has 2 aromatic carbocycles. The van der Waals surface area contributed by atoms with Gasteiger partial charge in [0.1, 0.15) is 5.82 Å². The van der Waals surface area contributed by atoms with E-state index < -0.39 is 0 Å². The molecule has 0 radical (unpaired) electrons. The van der Waals surface area contributed by atoms with Crippen LogP contribution in [0.25, 0.3) is 0 Å². The highest BCUT2D eigenvalue weighted by molar-refractivity contribution is 9.10. The van der Waals surface area contributed by atoms with Crippen molar-refractivity contribution in [2.24, 2.45) is 5.73 Å². The van der Waals surface area contributed by atoms with Gasteiger partial charge in [0, 0.05) is 24.6 Å². The molecule has 0 aromatic heterocycles. The molecule has 0 unspecified atom stereocenters. The average molecular weight is 323 g/mol. The molecule has 2 N–H and O–H groups in total. The van der Waals surface area contributed by atoms with Crippen molar-refractivity contribution < 1.29 is 4.39 Å². The summed E-state index contributed by atoms with van der Waals surface area (Å²) in [5.41, 5.74) is 8.00. The summed E-state index contributed by atoms with van der Waals surface area (Å²) >= 11 is 3.50. The topological polar surface area (TPSA) is 29.3 Å². The van der Waals surface area contributed by atoms with Crippen LogP contribution in [0.3, 0.4) is 0 Å². The minimum absolute atomic E-state index is 0.238. The fourth-order valence-corrected chi connectivity index (χ4v) is 2.36. The molecule has 0 aliphatic carbocycles. The molecule has 0 heterocycles. The van der Waals surface area contributed by atoms with Crippen molar-refractivity contribution in [3.63, 3.8) is 0 Å². The Morgan fingerprint density at radius 1 is 1.21 bits per heavy atom. The smallest absolute Gasteiger partial charge is 0.146 e. The van der Waals surface area contributed by atoms with Gasteiger partial charge in [-0.2, -0.15) is 0 Å². The lowest BCUT2D eigenvalue weighted by molar-refractivity contribution is 0.620. The van der Waals surface area contributed by atoms with Gasteiger partial charge in [-0.3, -0.25) is 0 Å². The predicted octanol–water partition coefficient (Wildman–Crippen LogP) is 3.68. The van der Waals surface area contributed by atoms with E-state index in [2.05, 4.69) is 15.9 Å². The second-order valence-electron chi connectivity index (χ2n) is 4.44. The van der Waals surface area contributed by atoms with Gasteiger partial charge in [-0.1, -0.05) is 40.2 Å². The van der Waals surface area contributed by atoms with E-state index in [9.17, 15) is 4.39 Å². The van der Waals surface area contributed by atoms with Crippen LogP contribution in [-0.4, -0.2) is 7.05 Å². The lowest BCUT2D eigenvalue weighted by Gasteiger charge is -2.21. The minimum atomic E-state index is -0.238. The van der Waals surface area contributed by atoms with Crippen LogP contribution < -0.4 is 10.6 Å². The Morgan fingerprint density at radius 3 is 2.58 bits per heavy atom. The molecule has 0 saturated carbocycles. The Labute approximate surface area is 121 Å². The lowest BCUT2D eigenvalue weighted by atomic mass is 10.1. The van der Waals surface area contributed by atoms with E-state index in [1.54, 1.807) is 6.07 Å². The van der Waals surface area contributed by atoms with Crippen molar-refractivity contribution in [3.05, 3.63) is 63.9 Å². The summed E-state index contributed by atoms with van der Waals surface area (Å²) in [5, 5.41) is 0. The summed E-state index contributed by atoms with van der Waals surface area (Å²) in [6.07, 6.45) is 0. The molecule has 2 rings (SSSR count). The highest BCUT2D eigenvalue weighted by Gasteiger charge is 2.10. The normalized spacial score (nSPS) is 10.5. The van der Waals surface area contributed by atoms with Gasteiger partial charge >= 0.3 is 0 Å². The first-order chi connectivity index (χ1) is 9.11. The Bertz CT molecular complexity index is 572. The van der Waals surface area contributed by atoms with Gasteiger partial charge in [-0.05, 0) is 29.3 Å². The molecule has 2 aromatic rings. The fraction of sp³-hybridized carbons (Fsp3) is 0.200. The van der Waals surface area contributed by atoms with Crippen molar-refractivity contribution in [2.45, 2.75) is 13.1 Å². The average Bonchev–Trinajstić information content (AvgIpc) is 2.41. The number of rotatable bonds is 4. The monoisotopic (exact) mass is 322 g/mol. The second kappa shape index (κ2) is 6.17. The Kier molecular flexibility index (Phi) is 4.56. The summed E-state index contributed by atoms with van der Waals surface area (Å²) in [6, 6.07) is 13.1. The molecule has 0 saturated heterocycles. The zero-order valence-electron chi connectivity index (χ0n) is 10.7. The maximum Gasteiger partial charge on any atom is 0.146 e. The molecule has 0 aliphatic rings. The number of halogens is 2. The molecular formula is C15H16BrFN2. The van der Waals surface area contributed by atoms with Crippen LogP contribution in [0.1, 0.15) is 11.1 Å². The molecule has 0 aliphatic heterocycles. The largest absolute Gasteiger partial charge is 0.368 e. The van der Waals surface area contributed by atoms with Crippen molar-refractivity contribution in [2.75, 3.05) is 11.9 Å². The van der Waals surface area contributed by atoms with Crippen LogP contribution in [0.15, 0.2) is 46.9 Å². The Morgan fingerprint density at radius 2 is 1.95 bits per heavy atom. The quantitative estimate of drug-likeness (QED) is 0.930. The summed E-state index contributed by atoms with van der Waals surface area (Å²) < 4.78 is 15.0. The van der Waals surface area contributed by atoms with Gasteiger partial charge in [0.2, 0.25) is 0 Å². The molecule has 0 spiro atoms. The maximum atomic E-state index is 14.0. The van der Waals surface area contributed by atoms with E-state index in [4.69, 9.17) is 5.73 Å². The number of hydrogen-bond donors (Lipinski definition) is 1. The van der Waals surface area contributed by atoms with Gasteiger partial charge in [-0.25, -0.2) is 4.39 Å². The molecule has 0 fully saturated rings. The molecule has 0 atom stereocenters. The Balaban J connectivity index is 2.21. The fourth-order valence-electron chi connectivity index (χ4n) is 1.95. The van der Waals surface area contributed by atoms with Crippen LogP contribution in [0.4, 0.5) is 10.1 Å². The number of hydrogen-bond acceptors (Lipinski definition) is 2. The van der Waals surface area contributed by atoms with E-state index in [0.717, 1.165) is 15.6 Å². The van der Waals surface area contributed by atoms with Crippen LogP contribution in [0.5, 0.6) is 0 Å². The third-order valence-corrected chi connectivity index (χ3v) is 3.80. The molecular weight excluding hydrogens is 307 g/mol. The predicted molar refractivity (Wildman–Crippen MR) is 80.5 cm³/mol. The van der Waals surface area contributed by atoms with Crippen LogP contribution in [0, 0.1) is 5.82 Å². The first-order valence-electron chi connectivity index (χ1n) is 6.05. The van der Waals surface area contributed by atoms with E-state index in [-0.39, 0.29) is 5.82 Å². The third kappa shape index (κ3) is 3.33. The molecule has 100 valence electrons. The van der Waals surface area contributed by atoms with Crippen molar-refractivity contribution in [3.8, 4) is 0 Å². The van der Waals surface area contributed by atoms with Crippen molar-refractivity contribution in [1.82, 2.24) is 0 Å². The summed E-state index contributed by atoms with van der Waals surface area (Å²) in [4.78, 5) is 1.88. The summed E-state index contributed by atoms with van der Waals surface area (Å²) in [6.45, 7) is 0.992. The van der Waals surface area contributed by atoms with Gasteiger partial charge in [0.15, 0.2) is 0 Å². The highest BCUT2D eigenvalue weighted by Crippen LogP contribution is 2.23. The molecule has 19 heavy (non-hydrogen) atoms. The third-order valence-electron chi connectivity index (χ3n) is 3.02. The van der Waals surface area contributed by atoms with Crippen molar-refractivity contribution >= 4 is 21.6 Å². The van der Waals surface area contributed by atoms with E-state index in [1.807, 2.05) is 42.3 Å². The van der Waals surface area contributed by atoms with E-state index >= 15 is 0 Å². The number of nitrogens with two attached hydrogens (primary N) is 1. The molecule has 4 heteroatoms. The SMILES string of the molecule is CN(Cc1ccccc1Br)c1ccc(CN)cc1F. The second-order valence-corrected chi connectivity index (χ2v) is 5.29. The molecule has 2 nitrogen and oxygen atoms in total. The maximum absolute atomic E-state index is 14.0. The zero-order chi connectivity index (χ0) is 13.8. The van der Waals surface area contributed by atoms with Crippen LogP contribution in [0.2, 0.25) is 0 Å². The van der Waals surface area contributed by atoms with Crippen LogP contribution >= 0.6 is 15.9 Å². The number of benzene rings is 2. The highest BCUT2D eigenvalue weighted by atomic mass is 79.9. The van der Waals surface area contributed by atoms with Gasteiger partial charge < -0.3 is 10.6 Å². The van der Waals surface area contributed by atoms with Crippen LogP contribution in [-0.2, 0) is 13.1 Å². The standard InChI is InChI=1S/C15H16BrFN2/c1-19(10-12-4-2-3-5-13(12)16)15-7-6-11(9-18)8-14(15)17/h2-8H,9-10,18H2,1H3. The number of nitrogens with zero attached hydrogens (tertiary/aromatic N) is 1. The van der Waals surface area contributed by atoms with E-state index in [0.29, 0.717) is 18.8 Å². The van der Waals surface area contributed by atoms with E-state index in [1.165, 1.54) is 6.07 Å². The first kappa shape index (κ1) is 14.0.